The van der Waals surface area contributed by atoms with Gasteiger partial charge >= 0.3 is 0 Å². The van der Waals surface area contributed by atoms with Crippen molar-refractivity contribution >= 4 is 0 Å². The lowest BCUT2D eigenvalue weighted by molar-refractivity contribution is 0.165. The molecule has 1 fully saturated rings. The Kier molecular flexibility index (Phi) is 3.11. The lowest BCUT2D eigenvalue weighted by Gasteiger charge is -2.33. The summed E-state index contributed by atoms with van der Waals surface area (Å²) in [6.45, 7) is 2.33. The van der Waals surface area contributed by atoms with Crippen LogP contribution in [0, 0.1) is 0 Å². The monoisotopic (exact) mass is 191 g/mol. The minimum absolute atomic E-state index is 0.480. The largest absolute Gasteiger partial charge is 0.301 e. The molecule has 2 rings (SSSR count). The third-order valence-corrected chi connectivity index (χ3v) is 2.75. The van der Waals surface area contributed by atoms with Gasteiger partial charge < -0.3 is 5.32 Å². The van der Waals surface area contributed by atoms with E-state index in [1.807, 2.05) is 18.5 Å². The molecule has 1 unspecified atom stereocenters. The van der Waals surface area contributed by atoms with E-state index in [0.717, 1.165) is 13.0 Å². The lowest BCUT2D eigenvalue weighted by atomic mass is 10.1. The first-order valence-corrected chi connectivity index (χ1v) is 5.19. The second kappa shape index (κ2) is 4.53. The number of aromatic nitrogens is 1. The third kappa shape index (κ3) is 2.30. The smallest absolute Gasteiger partial charge is 0.0636 e. The Balaban J connectivity index is 1.96. The predicted octanol–water partition coefficient (Wildman–Crippen LogP) is 0.875. The molecule has 1 N–H and O–H groups in total. The number of hydrogen-bond acceptors (Lipinski definition) is 3. The molecule has 1 saturated heterocycles. The summed E-state index contributed by atoms with van der Waals surface area (Å²) in [7, 11) is 2.17. The van der Waals surface area contributed by atoms with Crippen molar-refractivity contribution < 1.29 is 0 Å². The maximum atomic E-state index is 4.13. The fraction of sp³-hybridized carbons (Fsp3) is 0.545. The van der Waals surface area contributed by atoms with Crippen molar-refractivity contribution in [2.45, 2.75) is 19.0 Å². The normalized spacial score (nSPS) is 23.6. The van der Waals surface area contributed by atoms with E-state index in [4.69, 9.17) is 0 Å². The average molecular weight is 191 g/mol. The van der Waals surface area contributed by atoms with Gasteiger partial charge in [-0.25, -0.2) is 0 Å². The molecule has 0 aromatic carbocycles. The zero-order valence-electron chi connectivity index (χ0n) is 8.61. The topological polar surface area (TPSA) is 28.2 Å². The SMILES string of the molecule is CN1CCCNC1Cc1cccnc1. The Morgan fingerprint density at radius 2 is 2.57 bits per heavy atom. The summed E-state index contributed by atoms with van der Waals surface area (Å²) in [5.74, 6) is 0. The molecule has 3 nitrogen and oxygen atoms in total. The molecule has 14 heavy (non-hydrogen) atoms. The maximum Gasteiger partial charge on any atom is 0.0636 e. The number of nitrogens with one attached hydrogen (secondary N) is 1. The lowest BCUT2D eigenvalue weighted by Crippen LogP contribution is -2.50. The molecule has 1 aliphatic rings. The molecule has 0 radical (unpaired) electrons. The molecular weight excluding hydrogens is 174 g/mol. The molecule has 0 saturated carbocycles. The van der Waals surface area contributed by atoms with Crippen molar-refractivity contribution in [1.82, 2.24) is 15.2 Å². The first kappa shape index (κ1) is 9.62. The van der Waals surface area contributed by atoms with Crippen LogP contribution < -0.4 is 5.32 Å². The van der Waals surface area contributed by atoms with Crippen molar-refractivity contribution in [3.05, 3.63) is 30.1 Å². The first-order chi connectivity index (χ1) is 6.86. The van der Waals surface area contributed by atoms with E-state index in [0.29, 0.717) is 6.17 Å². The van der Waals surface area contributed by atoms with Crippen LogP contribution in [0.15, 0.2) is 24.5 Å². The summed E-state index contributed by atoms with van der Waals surface area (Å²) < 4.78 is 0. The summed E-state index contributed by atoms with van der Waals surface area (Å²) in [5.41, 5.74) is 1.30. The van der Waals surface area contributed by atoms with Gasteiger partial charge in [0, 0.05) is 25.4 Å². The van der Waals surface area contributed by atoms with Crippen molar-refractivity contribution in [3.63, 3.8) is 0 Å². The Labute approximate surface area is 85.1 Å². The standard InChI is InChI=1S/C11H17N3/c1-14-7-3-6-13-11(14)8-10-4-2-5-12-9-10/h2,4-5,9,11,13H,3,6-8H2,1H3. The molecule has 0 amide bonds. The number of rotatable bonds is 2. The highest BCUT2D eigenvalue weighted by molar-refractivity contribution is 5.10. The molecule has 0 aliphatic carbocycles. The number of likely N-dealkylation sites (N-methyl/N-ethyl adjacent to an activating group) is 1. The molecule has 1 aliphatic heterocycles. The number of nitrogens with zero attached hydrogens (tertiary/aromatic N) is 2. The van der Waals surface area contributed by atoms with Gasteiger partial charge in [0.25, 0.3) is 0 Å². The van der Waals surface area contributed by atoms with Gasteiger partial charge in [-0.1, -0.05) is 6.07 Å². The average Bonchev–Trinajstić information content (AvgIpc) is 2.23. The van der Waals surface area contributed by atoms with Crippen molar-refractivity contribution in [1.29, 1.82) is 0 Å². The summed E-state index contributed by atoms with van der Waals surface area (Å²) >= 11 is 0. The Bertz CT molecular complexity index is 273. The van der Waals surface area contributed by atoms with Crippen LogP contribution in [0.2, 0.25) is 0 Å². The molecule has 76 valence electrons. The van der Waals surface area contributed by atoms with Crippen LogP contribution in [0.4, 0.5) is 0 Å². The van der Waals surface area contributed by atoms with Gasteiger partial charge in [-0.05, 0) is 31.6 Å². The fourth-order valence-corrected chi connectivity index (χ4v) is 1.88. The second-order valence-corrected chi connectivity index (χ2v) is 3.87. The molecule has 3 heteroatoms. The highest BCUT2D eigenvalue weighted by atomic mass is 15.3. The van der Waals surface area contributed by atoms with Gasteiger partial charge in [-0.2, -0.15) is 0 Å². The number of hydrogen-bond donors (Lipinski definition) is 1. The van der Waals surface area contributed by atoms with Gasteiger partial charge in [-0.15, -0.1) is 0 Å². The molecule has 1 aromatic heterocycles. The van der Waals surface area contributed by atoms with E-state index in [1.54, 1.807) is 0 Å². The Hall–Kier alpha value is -0.930. The van der Waals surface area contributed by atoms with Crippen LogP contribution in [-0.2, 0) is 6.42 Å². The van der Waals surface area contributed by atoms with Crippen molar-refractivity contribution in [2.24, 2.45) is 0 Å². The molecule has 0 spiro atoms. The quantitative estimate of drug-likeness (QED) is 0.752. The van der Waals surface area contributed by atoms with Gasteiger partial charge in [-0.3, -0.25) is 9.88 Å². The van der Waals surface area contributed by atoms with Gasteiger partial charge in [0.15, 0.2) is 0 Å². The summed E-state index contributed by atoms with van der Waals surface area (Å²) in [4.78, 5) is 6.50. The van der Waals surface area contributed by atoms with Crippen LogP contribution in [0.3, 0.4) is 0 Å². The Morgan fingerprint density at radius 3 is 3.29 bits per heavy atom. The van der Waals surface area contributed by atoms with Gasteiger partial charge in [0.05, 0.1) is 6.17 Å². The molecule has 1 aromatic rings. The van der Waals surface area contributed by atoms with Crippen LogP contribution >= 0.6 is 0 Å². The fourth-order valence-electron chi connectivity index (χ4n) is 1.88. The molecule has 2 heterocycles. The molecule has 1 atom stereocenters. The maximum absolute atomic E-state index is 4.13. The highest BCUT2D eigenvalue weighted by Gasteiger charge is 2.17. The van der Waals surface area contributed by atoms with E-state index < -0.39 is 0 Å². The van der Waals surface area contributed by atoms with E-state index >= 15 is 0 Å². The minimum atomic E-state index is 0.480. The van der Waals surface area contributed by atoms with Crippen LogP contribution in [0.5, 0.6) is 0 Å². The second-order valence-electron chi connectivity index (χ2n) is 3.87. The van der Waals surface area contributed by atoms with Crippen LogP contribution in [-0.4, -0.2) is 36.2 Å². The zero-order chi connectivity index (χ0) is 9.80. The summed E-state index contributed by atoms with van der Waals surface area (Å²) in [6, 6.07) is 4.13. The highest BCUT2D eigenvalue weighted by Crippen LogP contribution is 2.07. The van der Waals surface area contributed by atoms with Crippen molar-refractivity contribution in [2.75, 3.05) is 20.1 Å². The van der Waals surface area contributed by atoms with Crippen LogP contribution in [0.25, 0.3) is 0 Å². The first-order valence-electron chi connectivity index (χ1n) is 5.19. The molecular formula is C11H17N3. The molecule has 0 bridgehead atoms. The minimum Gasteiger partial charge on any atom is -0.301 e. The van der Waals surface area contributed by atoms with E-state index in [2.05, 4.69) is 28.3 Å². The Morgan fingerprint density at radius 1 is 1.64 bits per heavy atom. The number of pyridine rings is 1. The summed E-state index contributed by atoms with van der Waals surface area (Å²) in [5, 5.41) is 3.52. The van der Waals surface area contributed by atoms with E-state index in [1.165, 1.54) is 18.5 Å². The van der Waals surface area contributed by atoms with Gasteiger partial charge in [0.2, 0.25) is 0 Å². The third-order valence-electron chi connectivity index (χ3n) is 2.75. The zero-order valence-corrected chi connectivity index (χ0v) is 8.61. The van der Waals surface area contributed by atoms with E-state index in [-0.39, 0.29) is 0 Å². The predicted molar refractivity (Wildman–Crippen MR) is 57.0 cm³/mol. The van der Waals surface area contributed by atoms with Crippen molar-refractivity contribution in [3.8, 4) is 0 Å². The van der Waals surface area contributed by atoms with Gasteiger partial charge in [0.1, 0.15) is 0 Å². The van der Waals surface area contributed by atoms with E-state index in [9.17, 15) is 0 Å². The van der Waals surface area contributed by atoms with Crippen LogP contribution in [0.1, 0.15) is 12.0 Å². The summed E-state index contributed by atoms with van der Waals surface area (Å²) in [6.07, 6.45) is 6.55.